The molecule has 9 nitrogen and oxygen atoms in total. The van der Waals surface area contributed by atoms with E-state index in [2.05, 4.69) is 15.4 Å². The van der Waals surface area contributed by atoms with Crippen molar-refractivity contribution >= 4 is 21.6 Å². The fourth-order valence-corrected chi connectivity index (χ4v) is 5.52. The maximum absolute atomic E-state index is 13.4. The molecular weight excluding hydrogens is 454 g/mol. The van der Waals surface area contributed by atoms with Crippen LogP contribution >= 0.6 is 0 Å². The molecule has 0 saturated heterocycles. The van der Waals surface area contributed by atoms with E-state index in [-0.39, 0.29) is 28.3 Å². The summed E-state index contributed by atoms with van der Waals surface area (Å²) in [4.78, 5) is 17.9. The highest BCUT2D eigenvalue weighted by atomic mass is 32.2. The van der Waals surface area contributed by atoms with E-state index >= 15 is 0 Å². The van der Waals surface area contributed by atoms with Gasteiger partial charge in [-0.1, -0.05) is 26.8 Å². The van der Waals surface area contributed by atoms with E-state index in [0.29, 0.717) is 29.9 Å². The lowest BCUT2D eigenvalue weighted by Gasteiger charge is -2.20. The topological polar surface area (TPSA) is 106 Å². The number of carbonyl (C=O) groups excluding carboxylic acids is 1. The Morgan fingerprint density at radius 3 is 2.44 bits per heavy atom. The molecule has 1 unspecified atom stereocenters. The molecule has 2 heterocycles. The molecule has 1 atom stereocenters. The minimum absolute atomic E-state index is 0.0354. The average molecular weight is 488 g/mol. The lowest BCUT2D eigenvalue weighted by Crippen LogP contribution is -2.32. The molecule has 0 aliphatic rings. The van der Waals surface area contributed by atoms with Gasteiger partial charge in [0, 0.05) is 30.5 Å². The van der Waals surface area contributed by atoms with Crippen LogP contribution in [0.5, 0.6) is 5.75 Å². The maximum atomic E-state index is 13.4. The van der Waals surface area contributed by atoms with Gasteiger partial charge in [-0.15, -0.1) is 0 Å². The third-order valence-corrected chi connectivity index (χ3v) is 7.95. The van der Waals surface area contributed by atoms with Crippen molar-refractivity contribution in [3.05, 3.63) is 41.3 Å². The van der Waals surface area contributed by atoms with Crippen LogP contribution in [-0.2, 0) is 10.0 Å². The van der Waals surface area contributed by atoms with Gasteiger partial charge in [0.25, 0.3) is 5.91 Å². The molecule has 0 bridgehead atoms. The highest BCUT2D eigenvalue weighted by molar-refractivity contribution is 7.89. The van der Waals surface area contributed by atoms with E-state index in [1.54, 1.807) is 36.6 Å². The Balaban J connectivity index is 2.33. The molecule has 2 aromatic heterocycles. The van der Waals surface area contributed by atoms with Crippen LogP contribution in [-0.4, -0.2) is 59.5 Å². The third kappa shape index (κ3) is 4.65. The zero-order valence-electron chi connectivity index (χ0n) is 20.8. The summed E-state index contributed by atoms with van der Waals surface area (Å²) in [6, 6.07) is 6.72. The number of hydrogen-bond donors (Lipinski definition) is 1. The van der Waals surface area contributed by atoms with E-state index in [9.17, 15) is 13.2 Å². The Morgan fingerprint density at radius 1 is 1.18 bits per heavy atom. The molecular formula is C24H33N5O4S. The van der Waals surface area contributed by atoms with E-state index in [1.807, 2.05) is 33.8 Å². The van der Waals surface area contributed by atoms with Crippen molar-refractivity contribution < 1.29 is 17.9 Å². The van der Waals surface area contributed by atoms with Crippen LogP contribution < -0.4 is 10.1 Å². The van der Waals surface area contributed by atoms with Crippen molar-refractivity contribution in [2.45, 2.75) is 58.9 Å². The summed E-state index contributed by atoms with van der Waals surface area (Å²) >= 11 is 0. The van der Waals surface area contributed by atoms with Crippen LogP contribution in [0.15, 0.2) is 29.2 Å². The molecule has 3 rings (SSSR count). The smallest absolute Gasteiger partial charge is 0.272 e. The number of aryl methyl sites for hydroxylation is 2. The van der Waals surface area contributed by atoms with E-state index < -0.39 is 10.0 Å². The molecule has 0 fully saturated rings. The Labute approximate surface area is 201 Å². The second-order valence-electron chi connectivity index (χ2n) is 8.24. The summed E-state index contributed by atoms with van der Waals surface area (Å²) in [5.41, 5.74) is 3.26. The number of fused-ring (bicyclic) bond motifs is 1. The Kier molecular flexibility index (Phi) is 7.62. The number of ether oxygens (including phenoxy) is 1. The molecule has 1 aromatic carbocycles. The van der Waals surface area contributed by atoms with E-state index in [1.165, 1.54) is 11.4 Å². The van der Waals surface area contributed by atoms with Crippen LogP contribution in [0.4, 0.5) is 0 Å². The predicted octanol–water partition coefficient (Wildman–Crippen LogP) is 3.58. The molecule has 0 spiro atoms. The number of nitrogens with one attached hydrogen (secondary N) is 1. The quantitative estimate of drug-likeness (QED) is 0.495. The maximum Gasteiger partial charge on any atom is 0.272 e. The monoisotopic (exact) mass is 487 g/mol. The van der Waals surface area contributed by atoms with Gasteiger partial charge in [-0.3, -0.25) is 4.79 Å². The van der Waals surface area contributed by atoms with Gasteiger partial charge in [0.2, 0.25) is 10.0 Å². The van der Waals surface area contributed by atoms with Crippen LogP contribution in [0.3, 0.4) is 0 Å². The summed E-state index contributed by atoms with van der Waals surface area (Å²) < 4.78 is 35.2. The van der Waals surface area contributed by atoms with Crippen LogP contribution in [0.1, 0.15) is 56.0 Å². The minimum atomic E-state index is -3.82. The van der Waals surface area contributed by atoms with E-state index in [4.69, 9.17) is 4.74 Å². The second-order valence-corrected chi connectivity index (χ2v) is 10.1. The number of nitrogens with zero attached hydrogens (tertiary/aromatic N) is 4. The van der Waals surface area contributed by atoms with Crippen LogP contribution in [0.2, 0.25) is 0 Å². The second kappa shape index (κ2) is 10.1. The first kappa shape index (κ1) is 25.6. The molecule has 0 saturated carbocycles. The number of rotatable bonds is 9. The number of sulfonamides is 1. The standard InChI is InChI=1S/C24H33N5O4S/c1-8-15(4)26-24(30)22-21(23-25-16(5)13-17(6)29(23)27-22)18-11-12-19(33-7)20(14-18)34(31,32)28(9-2)10-3/h11-15H,8-10H2,1-7H3,(H,26,30). The first-order valence-corrected chi connectivity index (χ1v) is 12.9. The minimum Gasteiger partial charge on any atom is -0.495 e. The Morgan fingerprint density at radius 2 is 1.85 bits per heavy atom. The van der Waals surface area contributed by atoms with Crippen LogP contribution in [0.25, 0.3) is 16.8 Å². The zero-order valence-corrected chi connectivity index (χ0v) is 21.7. The van der Waals surface area contributed by atoms with Gasteiger partial charge in [-0.25, -0.2) is 17.9 Å². The largest absolute Gasteiger partial charge is 0.495 e. The molecule has 10 heteroatoms. The van der Waals surface area contributed by atoms with Gasteiger partial charge in [0.1, 0.15) is 10.6 Å². The zero-order chi connectivity index (χ0) is 25.2. The average Bonchev–Trinajstić information content (AvgIpc) is 3.19. The van der Waals surface area contributed by atoms with Gasteiger partial charge < -0.3 is 10.1 Å². The molecule has 1 amide bonds. The van der Waals surface area contributed by atoms with Gasteiger partial charge in [-0.2, -0.15) is 9.40 Å². The van der Waals surface area contributed by atoms with Crippen molar-refractivity contribution in [2.24, 2.45) is 0 Å². The van der Waals surface area contributed by atoms with Gasteiger partial charge in [0.05, 0.1) is 12.7 Å². The molecule has 184 valence electrons. The molecule has 34 heavy (non-hydrogen) atoms. The van der Waals surface area contributed by atoms with Crippen molar-refractivity contribution in [3.8, 4) is 16.9 Å². The number of carbonyl (C=O) groups is 1. The van der Waals surface area contributed by atoms with Crippen molar-refractivity contribution in [2.75, 3.05) is 20.2 Å². The fourth-order valence-electron chi connectivity index (χ4n) is 3.88. The number of amides is 1. The SMILES string of the molecule is CCC(C)NC(=O)c1nn2c(C)cc(C)nc2c1-c1ccc(OC)c(S(=O)(=O)N(CC)CC)c1. The highest BCUT2D eigenvalue weighted by Crippen LogP contribution is 2.35. The molecule has 0 aliphatic heterocycles. The fraction of sp³-hybridized carbons (Fsp3) is 0.458. The molecule has 3 aromatic rings. The number of hydrogen-bond acceptors (Lipinski definition) is 6. The lowest BCUT2D eigenvalue weighted by molar-refractivity contribution is 0.0934. The van der Waals surface area contributed by atoms with Crippen LogP contribution in [0, 0.1) is 13.8 Å². The lowest BCUT2D eigenvalue weighted by atomic mass is 10.0. The molecule has 1 N–H and O–H groups in total. The first-order valence-electron chi connectivity index (χ1n) is 11.4. The summed E-state index contributed by atoms with van der Waals surface area (Å²) in [5, 5.41) is 7.53. The van der Waals surface area contributed by atoms with Gasteiger partial charge in [-0.05, 0) is 51.0 Å². The number of methoxy groups -OCH3 is 1. The summed E-state index contributed by atoms with van der Waals surface area (Å²) in [5.74, 6) is -0.103. The van der Waals surface area contributed by atoms with E-state index in [0.717, 1.165) is 17.8 Å². The summed E-state index contributed by atoms with van der Waals surface area (Å²) in [6.45, 7) is 11.9. The van der Waals surface area contributed by atoms with Crippen molar-refractivity contribution in [1.29, 1.82) is 0 Å². The van der Waals surface area contributed by atoms with Crippen molar-refractivity contribution in [3.63, 3.8) is 0 Å². The van der Waals surface area contributed by atoms with Gasteiger partial charge in [0.15, 0.2) is 11.3 Å². The Bertz CT molecular complexity index is 1310. The summed E-state index contributed by atoms with van der Waals surface area (Å²) in [6.07, 6.45) is 0.764. The van der Waals surface area contributed by atoms with Gasteiger partial charge >= 0.3 is 0 Å². The third-order valence-electron chi connectivity index (χ3n) is 5.88. The summed E-state index contributed by atoms with van der Waals surface area (Å²) in [7, 11) is -2.39. The normalized spacial score (nSPS) is 12.8. The predicted molar refractivity (Wildman–Crippen MR) is 132 cm³/mol. The molecule has 0 aliphatic carbocycles. The Hall–Kier alpha value is -2.98. The number of benzene rings is 1. The highest BCUT2D eigenvalue weighted by Gasteiger charge is 2.29. The first-order chi connectivity index (χ1) is 16.1. The number of aromatic nitrogens is 3. The van der Waals surface area contributed by atoms with Crippen molar-refractivity contribution in [1.82, 2.24) is 24.2 Å². The molecule has 0 radical (unpaired) electrons.